The lowest BCUT2D eigenvalue weighted by Gasteiger charge is -2.30. The van der Waals surface area contributed by atoms with Gasteiger partial charge in [-0.05, 0) is 38.8 Å². The second-order valence-electron chi connectivity index (χ2n) is 4.91. The molecular formula is C12H20N2O2. The van der Waals surface area contributed by atoms with Crippen molar-refractivity contribution in [3.8, 4) is 0 Å². The molecule has 0 radical (unpaired) electrons. The Kier molecular flexibility index (Phi) is 3.59. The lowest BCUT2D eigenvalue weighted by molar-refractivity contribution is -0.126. The largest absolute Gasteiger partial charge is 0.359 e. The van der Waals surface area contributed by atoms with Gasteiger partial charge in [-0.3, -0.25) is 14.5 Å². The Balaban J connectivity index is 1.72. The topological polar surface area (TPSA) is 49.4 Å². The summed E-state index contributed by atoms with van der Waals surface area (Å²) >= 11 is 0. The van der Waals surface area contributed by atoms with Crippen molar-refractivity contribution in [3.63, 3.8) is 0 Å². The van der Waals surface area contributed by atoms with Crippen molar-refractivity contribution in [1.29, 1.82) is 0 Å². The highest BCUT2D eigenvalue weighted by molar-refractivity contribution is 5.85. The highest BCUT2D eigenvalue weighted by Crippen LogP contribution is 2.30. The van der Waals surface area contributed by atoms with Gasteiger partial charge in [-0.1, -0.05) is 0 Å². The third-order valence-electron chi connectivity index (χ3n) is 3.62. The monoisotopic (exact) mass is 224 g/mol. The van der Waals surface area contributed by atoms with Crippen LogP contribution in [-0.4, -0.2) is 43.3 Å². The molecule has 1 N–H and O–H groups in total. The molecule has 0 bridgehead atoms. The highest BCUT2D eigenvalue weighted by atomic mass is 16.1. The molecule has 1 heterocycles. The lowest BCUT2D eigenvalue weighted by Crippen LogP contribution is -2.41. The van der Waals surface area contributed by atoms with Gasteiger partial charge in [0.25, 0.3) is 0 Å². The summed E-state index contributed by atoms with van der Waals surface area (Å²) in [4.78, 5) is 25.2. The molecular weight excluding hydrogens is 204 g/mol. The van der Waals surface area contributed by atoms with Gasteiger partial charge in [-0.2, -0.15) is 0 Å². The van der Waals surface area contributed by atoms with Crippen LogP contribution in [0.25, 0.3) is 0 Å². The van der Waals surface area contributed by atoms with Crippen molar-refractivity contribution in [2.24, 2.45) is 11.8 Å². The number of likely N-dealkylation sites (tertiary alicyclic amines) is 1. The van der Waals surface area contributed by atoms with Crippen LogP contribution in [0.3, 0.4) is 0 Å². The molecule has 1 amide bonds. The molecule has 4 heteroatoms. The summed E-state index contributed by atoms with van der Waals surface area (Å²) in [6.45, 7) is 2.37. The van der Waals surface area contributed by atoms with Crippen molar-refractivity contribution >= 4 is 11.7 Å². The van der Waals surface area contributed by atoms with Crippen molar-refractivity contribution < 1.29 is 9.59 Å². The molecule has 0 spiro atoms. The Labute approximate surface area is 96.4 Å². The van der Waals surface area contributed by atoms with E-state index in [-0.39, 0.29) is 11.8 Å². The third-order valence-corrected chi connectivity index (χ3v) is 3.62. The third kappa shape index (κ3) is 2.82. The van der Waals surface area contributed by atoms with Crippen molar-refractivity contribution in [2.75, 3.05) is 26.7 Å². The van der Waals surface area contributed by atoms with Crippen molar-refractivity contribution in [1.82, 2.24) is 10.2 Å². The number of nitrogens with one attached hydrogen (secondary N) is 1. The predicted molar refractivity (Wildman–Crippen MR) is 61.0 cm³/mol. The number of carbonyl (C=O) groups is 2. The van der Waals surface area contributed by atoms with Crippen LogP contribution >= 0.6 is 0 Å². The molecule has 4 nitrogen and oxygen atoms in total. The van der Waals surface area contributed by atoms with Crippen LogP contribution in [0.15, 0.2) is 0 Å². The van der Waals surface area contributed by atoms with E-state index in [4.69, 9.17) is 0 Å². The maximum Gasteiger partial charge on any atom is 0.222 e. The highest BCUT2D eigenvalue weighted by Gasteiger charge is 2.32. The summed E-state index contributed by atoms with van der Waals surface area (Å²) < 4.78 is 0. The maximum atomic E-state index is 11.6. The maximum absolute atomic E-state index is 11.6. The van der Waals surface area contributed by atoms with E-state index in [0.29, 0.717) is 18.2 Å². The second kappa shape index (κ2) is 4.95. The second-order valence-corrected chi connectivity index (χ2v) is 4.91. The van der Waals surface area contributed by atoms with Gasteiger partial charge in [0.15, 0.2) is 0 Å². The summed E-state index contributed by atoms with van der Waals surface area (Å²) in [6, 6.07) is 0. The molecule has 0 aromatic rings. The summed E-state index contributed by atoms with van der Waals surface area (Å²) in [5.41, 5.74) is 0. The Morgan fingerprint density at radius 1 is 1.12 bits per heavy atom. The summed E-state index contributed by atoms with van der Waals surface area (Å²) in [6.07, 6.45) is 3.95. The first-order valence-electron chi connectivity index (χ1n) is 6.17. The number of piperidine rings is 1. The number of ketones is 1. The van der Waals surface area contributed by atoms with Crippen LogP contribution in [-0.2, 0) is 9.59 Å². The molecule has 0 aromatic heterocycles. The van der Waals surface area contributed by atoms with Crippen molar-refractivity contribution in [3.05, 3.63) is 0 Å². The fourth-order valence-electron chi connectivity index (χ4n) is 2.31. The molecule has 0 atom stereocenters. The van der Waals surface area contributed by atoms with Gasteiger partial charge >= 0.3 is 0 Å². The van der Waals surface area contributed by atoms with Crippen molar-refractivity contribution in [2.45, 2.75) is 25.7 Å². The first-order valence-corrected chi connectivity index (χ1v) is 6.17. The van der Waals surface area contributed by atoms with Crippen LogP contribution in [0.5, 0.6) is 0 Å². The van der Waals surface area contributed by atoms with Crippen LogP contribution < -0.4 is 5.32 Å². The Morgan fingerprint density at radius 2 is 1.75 bits per heavy atom. The molecule has 1 saturated carbocycles. The van der Waals surface area contributed by atoms with Crippen LogP contribution in [0, 0.1) is 11.8 Å². The van der Waals surface area contributed by atoms with Gasteiger partial charge in [0.05, 0.1) is 6.54 Å². The number of nitrogens with zero attached hydrogens (tertiary/aromatic N) is 1. The summed E-state index contributed by atoms with van der Waals surface area (Å²) in [5, 5.41) is 2.69. The number of amides is 1. The van der Waals surface area contributed by atoms with E-state index < -0.39 is 0 Å². The van der Waals surface area contributed by atoms with Gasteiger partial charge in [-0.15, -0.1) is 0 Å². The molecule has 2 aliphatic rings. The van der Waals surface area contributed by atoms with Crippen LogP contribution in [0.2, 0.25) is 0 Å². The zero-order chi connectivity index (χ0) is 11.5. The average Bonchev–Trinajstić information content (AvgIpc) is 3.13. The molecule has 2 rings (SSSR count). The quantitative estimate of drug-likeness (QED) is 0.753. The smallest absolute Gasteiger partial charge is 0.222 e. The Bertz CT molecular complexity index is 279. The zero-order valence-electron chi connectivity index (χ0n) is 9.87. The van der Waals surface area contributed by atoms with Crippen LogP contribution in [0.1, 0.15) is 25.7 Å². The molecule has 0 aromatic carbocycles. The molecule has 2 fully saturated rings. The average molecular weight is 224 g/mol. The van der Waals surface area contributed by atoms with Gasteiger partial charge in [0.2, 0.25) is 5.91 Å². The molecule has 1 saturated heterocycles. The normalized spacial score (nSPS) is 23.1. The van der Waals surface area contributed by atoms with Gasteiger partial charge in [-0.25, -0.2) is 0 Å². The van der Waals surface area contributed by atoms with E-state index in [1.807, 2.05) is 0 Å². The number of hydrogen-bond acceptors (Lipinski definition) is 3. The molecule has 1 aliphatic heterocycles. The van der Waals surface area contributed by atoms with Gasteiger partial charge in [0.1, 0.15) is 5.78 Å². The van der Waals surface area contributed by atoms with Gasteiger partial charge < -0.3 is 5.32 Å². The number of rotatable bonds is 4. The van der Waals surface area contributed by atoms with E-state index in [9.17, 15) is 9.59 Å². The Hall–Kier alpha value is -0.900. The molecule has 1 aliphatic carbocycles. The van der Waals surface area contributed by atoms with E-state index >= 15 is 0 Å². The fourth-order valence-corrected chi connectivity index (χ4v) is 2.31. The zero-order valence-corrected chi connectivity index (χ0v) is 9.87. The lowest BCUT2D eigenvalue weighted by atomic mass is 9.96. The first kappa shape index (κ1) is 11.6. The minimum atomic E-state index is 0.146. The standard InChI is InChI=1S/C12H20N2O2/c1-13-12(16)10-4-6-14(7-5-10)8-11(15)9-2-3-9/h9-10H,2-8H2,1H3,(H,13,16). The predicted octanol–water partition coefficient (Wildman–Crippen LogP) is 0.423. The SMILES string of the molecule is CNC(=O)C1CCN(CC(=O)C2CC2)CC1. The van der Waals surface area contributed by atoms with Gasteiger partial charge in [0, 0.05) is 18.9 Å². The molecule has 16 heavy (non-hydrogen) atoms. The minimum Gasteiger partial charge on any atom is -0.359 e. The fraction of sp³-hybridized carbons (Fsp3) is 0.833. The first-order chi connectivity index (χ1) is 7.70. The number of hydrogen-bond donors (Lipinski definition) is 1. The van der Waals surface area contributed by atoms with Crippen LogP contribution in [0.4, 0.5) is 0 Å². The molecule has 90 valence electrons. The number of carbonyl (C=O) groups excluding carboxylic acids is 2. The minimum absolute atomic E-state index is 0.146. The Morgan fingerprint density at radius 3 is 2.25 bits per heavy atom. The van der Waals surface area contributed by atoms with E-state index in [1.165, 1.54) is 0 Å². The van der Waals surface area contributed by atoms with E-state index in [1.54, 1.807) is 7.05 Å². The summed E-state index contributed by atoms with van der Waals surface area (Å²) in [7, 11) is 1.69. The summed E-state index contributed by atoms with van der Waals surface area (Å²) in [5.74, 6) is 1.06. The molecule has 0 unspecified atom stereocenters. The number of Topliss-reactive ketones (excluding diaryl/α,β-unsaturated/α-hetero) is 1. The van der Waals surface area contributed by atoms with E-state index in [0.717, 1.165) is 38.8 Å². The van der Waals surface area contributed by atoms with E-state index in [2.05, 4.69) is 10.2 Å².